The third-order valence-electron chi connectivity index (χ3n) is 3.78. The Labute approximate surface area is 122 Å². The summed E-state index contributed by atoms with van der Waals surface area (Å²) in [7, 11) is 2.16. The number of likely N-dealkylation sites (N-methyl/N-ethyl adjacent to an activating group) is 1. The molecule has 2 nitrogen and oxygen atoms in total. The molecule has 2 N–H and O–H groups in total. The van der Waals surface area contributed by atoms with Crippen molar-refractivity contribution in [2.75, 3.05) is 20.1 Å². The van der Waals surface area contributed by atoms with Gasteiger partial charge in [-0.25, -0.2) is 0 Å². The quantitative estimate of drug-likeness (QED) is 0.872. The van der Waals surface area contributed by atoms with Crippen LogP contribution in [0.4, 0.5) is 0 Å². The summed E-state index contributed by atoms with van der Waals surface area (Å²) in [6, 6.07) is 19.5. The molecule has 2 rings (SSSR count). The van der Waals surface area contributed by atoms with Gasteiger partial charge < -0.3 is 5.73 Å². The normalized spacial score (nSPS) is 12.6. The molecule has 0 radical (unpaired) electrons. The van der Waals surface area contributed by atoms with Crippen molar-refractivity contribution < 1.29 is 0 Å². The Morgan fingerprint density at radius 2 is 1.80 bits per heavy atom. The number of nitrogens with zero attached hydrogens (tertiary/aromatic N) is 1. The van der Waals surface area contributed by atoms with Crippen LogP contribution in [0.3, 0.4) is 0 Å². The fraction of sp³-hybridized carbons (Fsp3) is 0.333. The maximum atomic E-state index is 5.98. The smallest absolute Gasteiger partial charge is 0.0467 e. The largest absolute Gasteiger partial charge is 0.329 e. The van der Waals surface area contributed by atoms with E-state index in [1.54, 1.807) is 0 Å². The van der Waals surface area contributed by atoms with Crippen molar-refractivity contribution in [3.05, 3.63) is 71.3 Å². The van der Waals surface area contributed by atoms with Gasteiger partial charge in [-0.1, -0.05) is 60.2 Å². The van der Waals surface area contributed by atoms with Crippen molar-refractivity contribution in [3.63, 3.8) is 0 Å². The molecule has 1 unspecified atom stereocenters. The van der Waals surface area contributed by atoms with Crippen LogP contribution in [-0.4, -0.2) is 25.0 Å². The highest BCUT2D eigenvalue weighted by atomic mass is 15.1. The Bertz CT molecular complexity index is 522. The zero-order chi connectivity index (χ0) is 14.4. The van der Waals surface area contributed by atoms with Crippen molar-refractivity contribution in [1.29, 1.82) is 0 Å². The van der Waals surface area contributed by atoms with Gasteiger partial charge in [0.15, 0.2) is 0 Å². The monoisotopic (exact) mass is 268 g/mol. The molecular formula is C18H24N2. The van der Waals surface area contributed by atoms with Crippen molar-refractivity contribution in [2.45, 2.75) is 19.4 Å². The molecule has 0 heterocycles. The third-order valence-corrected chi connectivity index (χ3v) is 3.78. The Hall–Kier alpha value is -1.64. The van der Waals surface area contributed by atoms with E-state index in [0.717, 1.165) is 13.0 Å². The Kier molecular flexibility index (Phi) is 5.33. The lowest BCUT2D eigenvalue weighted by Gasteiger charge is -2.27. The van der Waals surface area contributed by atoms with Crippen LogP contribution >= 0.6 is 0 Å². The molecule has 20 heavy (non-hydrogen) atoms. The van der Waals surface area contributed by atoms with Crippen LogP contribution in [0.5, 0.6) is 0 Å². The highest BCUT2D eigenvalue weighted by Gasteiger charge is 2.15. The highest BCUT2D eigenvalue weighted by molar-refractivity contribution is 5.25. The average molecular weight is 268 g/mol. The van der Waals surface area contributed by atoms with E-state index in [9.17, 15) is 0 Å². The molecule has 2 heteroatoms. The SMILES string of the molecule is Cc1cccc(C(CN)N(C)CCc2ccccc2)c1. The number of rotatable bonds is 6. The second kappa shape index (κ2) is 7.22. The lowest BCUT2D eigenvalue weighted by molar-refractivity contribution is 0.253. The molecule has 0 saturated heterocycles. The summed E-state index contributed by atoms with van der Waals surface area (Å²) in [5, 5.41) is 0. The van der Waals surface area contributed by atoms with Gasteiger partial charge in [0.2, 0.25) is 0 Å². The Balaban J connectivity index is 2.00. The molecule has 1 atom stereocenters. The fourth-order valence-electron chi connectivity index (χ4n) is 2.55. The van der Waals surface area contributed by atoms with Crippen LogP contribution < -0.4 is 5.73 Å². The predicted octanol–water partition coefficient (Wildman–Crippen LogP) is 3.17. The Morgan fingerprint density at radius 3 is 2.45 bits per heavy atom. The van der Waals surface area contributed by atoms with Gasteiger partial charge >= 0.3 is 0 Å². The van der Waals surface area contributed by atoms with Crippen LogP contribution in [-0.2, 0) is 6.42 Å². The van der Waals surface area contributed by atoms with E-state index in [1.165, 1.54) is 16.7 Å². The number of nitrogens with two attached hydrogens (primary N) is 1. The van der Waals surface area contributed by atoms with E-state index in [-0.39, 0.29) is 0 Å². The minimum atomic E-state index is 0.290. The van der Waals surface area contributed by atoms with Crippen molar-refractivity contribution in [3.8, 4) is 0 Å². The molecule has 0 aliphatic rings. The maximum Gasteiger partial charge on any atom is 0.0467 e. The summed E-state index contributed by atoms with van der Waals surface area (Å²) in [6.07, 6.45) is 1.06. The molecule has 0 aromatic heterocycles. The summed E-state index contributed by atoms with van der Waals surface area (Å²) < 4.78 is 0. The molecule has 0 aliphatic carbocycles. The summed E-state index contributed by atoms with van der Waals surface area (Å²) in [4.78, 5) is 2.35. The fourth-order valence-corrected chi connectivity index (χ4v) is 2.55. The van der Waals surface area contributed by atoms with Crippen LogP contribution in [0, 0.1) is 6.92 Å². The van der Waals surface area contributed by atoms with Crippen LogP contribution in [0.15, 0.2) is 54.6 Å². The number of benzene rings is 2. The van der Waals surface area contributed by atoms with E-state index in [2.05, 4.69) is 73.5 Å². The van der Waals surface area contributed by atoms with Gasteiger partial charge in [-0.15, -0.1) is 0 Å². The molecule has 0 fully saturated rings. The minimum absolute atomic E-state index is 0.290. The van der Waals surface area contributed by atoms with Gasteiger partial charge in [-0.05, 0) is 31.5 Å². The second-order valence-corrected chi connectivity index (χ2v) is 5.38. The first-order valence-corrected chi connectivity index (χ1v) is 7.21. The second-order valence-electron chi connectivity index (χ2n) is 5.38. The van der Waals surface area contributed by atoms with Crippen LogP contribution in [0.25, 0.3) is 0 Å². The molecule has 2 aromatic rings. The Morgan fingerprint density at radius 1 is 1.05 bits per heavy atom. The van der Waals surface area contributed by atoms with Gasteiger partial charge in [0.05, 0.1) is 0 Å². The number of hydrogen-bond acceptors (Lipinski definition) is 2. The van der Waals surface area contributed by atoms with Gasteiger partial charge in [0.1, 0.15) is 0 Å². The molecule has 0 spiro atoms. The first-order chi connectivity index (χ1) is 9.70. The average Bonchev–Trinajstić information content (AvgIpc) is 2.47. The summed E-state index contributed by atoms with van der Waals surface area (Å²) in [5.41, 5.74) is 9.96. The van der Waals surface area contributed by atoms with E-state index < -0.39 is 0 Å². The zero-order valence-corrected chi connectivity index (χ0v) is 12.4. The first-order valence-electron chi connectivity index (χ1n) is 7.21. The van der Waals surface area contributed by atoms with Crippen molar-refractivity contribution in [2.24, 2.45) is 5.73 Å². The predicted molar refractivity (Wildman–Crippen MR) is 85.8 cm³/mol. The van der Waals surface area contributed by atoms with Crippen LogP contribution in [0.1, 0.15) is 22.7 Å². The lowest BCUT2D eigenvalue weighted by atomic mass is 10.0. The van der Waals surface area contributed by atoms with E-state index in [0.29, 0.717) is 12.6 Å². The van der Waals surface area contributed by atoms with Crippen molar-refractivity contribution in [1.82, 2.24) is 4.90 Å². The highest BCUT2D eigenvalue weighted by Crippen LogP contribution is 2.19. The maximum absolute atomic E-state index is 5.98. The number of hydrogen-bond donors (Lipinski definition) is 1. The molecule has 106 valence electrons. The summed E-state index contributed by atoms with van der Waals surface area (Å²) in [5.74, 6) is 0. The molecule has 2 aromatic carbocycles. The van der Waals surface area contributed by atoms with E-state index >= 15 is 0 Å². The molecular weight excluding hydrogens is 244 g/mol. The number of aryl methyl sites for hydroxylation is 1. The van der Waals surface area contributed by atoms with Crippen molar-refractivity contribution >= 4 is 0 Å². The van der Waals surface area contributed by atoms with Crippen LogP contribution in [0.2, 0.25) is 0 Å². The minimum Gasteiger partial charge on any atom is -0.329 e. The van der Waals surface area contributed by atoms with E-state index in [1.807, 2.05) is 0 Å². The van der Waals surface area contributed by atoms with Gasteiger partial charge in [-0.3, -0.25) is 4.90 Å². The van der Waals surface area contributed by atoms with Gasteiger partial charge in [0, 0.05) is 19.1 Å². The zero-order valence-electron chi connectivity index (χ0n) is 12.4. The molecule has 0 amide bonds. The molecule has 0 aliphatic heterocycles. The standard InChI is InChI=1S/C18H24N2/c1-15-7-6-10-17(13-15)18(14-19)20(2)12-11-16-8-4-3-5-9-16/h3-10,13,18H,11-12,14,19H2,1-2H3. The third kappa shape index (κ3) is 3.92. The van der Waals surface area contributed by atoms with E-state index in [4.69, 9.17) is 5.73 Å². The lowest BCUT2D eigenvalue weighted by Crippen LogP contribution is -2.32. The van der Waals surface area contributed by atoms with Gasteiger partial charge in [-0.2, -0.15) is 0 Å². The van der Waals surface area contributed by atoms with Gasteiger partial charge in [0.25, 0.3) is 0 Å². The summed E-state index contributed by atoms with van der Waals surface area (Å²) >= 11 is 0. The summed E-state index contributed by atoms with van der Waals surface area (Å²) in [6.45, 7) is 3.79. The molecule has 0 bridgehead atoms. The first kappa shape index (κ1) is 14.8. The molecule has 0 saturated carbocycles. The topological polar surface area (TPSA) is 29.3 Å².